The molecule has 10 heavy (non-hydrogen) atoms. The van der Waals surface area contributed by atoms with E-state index >= 15 is 0 Å². The van der Waals surface area contributed by atoms with Crippen molar-refractivity contribution in [1.29, 1.82) is 0 Å². The number of hydrogen-bond acceptors (Lipinski definition) is 2. The molecule has 0 unspecified atom stereocenters. The lowest BCUT2D eigenvalue weighted by molar-refractivity contribution is 0.168. The van der Waals surface area contributed by atoms with Gasteiger partial charge in [0.05, 0.1) is 0 Å². The Bertz CT molecular complexity index is 132. The molecule has 4 heteroatoms. The van der Waals surface area contributed by atoms with Crippen LogP contribution < -0.4 is 11.1 Å². The Hall–Kier alpha value is -0.770. The molecular weight excluding hydrogens is 132 g/mol. The molecule has 1 aliphatic rings. The van der Waals surface area contributed by atoms with Crippen molar-refractivity contribution in [3.05, 3.63) is 0 Å². The number of nitrogens with one attached hydrogen (secondary N) is 1. The maximum absolute atomic E-state index is 10.1. The molecule has 1 saturated carbocycles. The summed E-state index contributed by atoms with van der Waals surface area (Å²) < 4.78 is 0. The molecule has 0 aliphatic heterocycles. The van der Waals surface area contributed by atoms with Crippen molar-refractivity contribution in [2.75, 3.05) is 6.54 Å². The summed E-state index contributed by atoms with van der Waals surface area (Å²) in [5.41, 5.74) is 5.35. The van der Waals surface area contributed by atoms with Gasteiger partial charge in [0, 0.05) is 6.04 Å². The summed E-state index contributed by atoms with van der Waals surface area (Å²) in [5.74, 6) is 0.539. The van der Waals surface area contributed by atoms with Crippen LogP contribution in [0.25, 0.3) is 0 Å². The van der Waals surface area contributed by atoms with Crippen molar-refractivity contribution >= 4 is 6.09 Å². The van der Waals surface area contributed by atoms with Crippen molar-refractivity contribution in [1.82, 2.24) is 5.32 Å². The van der Waals surface area contributed by atoms with Crippen LogP contribution >= 0.6 is 0 Å². The van der Waals surface area contributed by atoms with E-state index in [-0.39, 0.29) is 6.04 Å². The largest absolute Gasteiger partial charge is 0.465 e. The molecule has 0 spiro atoms. The first-order valence-electron chi connectivity index (χ1n) is 3.42. The van der Waals surface area contributed by atoms with Gasteiger partial charge in [-0.2, -0.15) is 0 Å². The summed E-state index contributed by atoms with van der Waals surface area (Å²) >= 11 is 0. The fraction of sp³-hybridized carbons (Fsp3) is 0.833. The summed E-state index contributed by atoms with van der Waals surface area (Å²) in [5, 5.41) is 10.7. The Morgan fingerprint density at radius 1 is 1.70 bits per heavy atom. The second kappa shape index (κ2) is 2.88. The minimum absolute atomic E-state index is 0.158. The van der Waals surface area contributed by atoms with Crippen molar-refractivity contribution in [3.8, 4) is 0 Å². The average molecular weight is 144 g/mol. The number of nitrogens with two attached hydrogens (primary N) is 1. The van der Waals surface area contributed by atoms with E-state index in [2.05, 4.69) is 5.32 Å². The van der Waals surface area contributed by atoms with Gasteiger partial charge in [-0.1, -0.05) is 0 Å². The van der Waals surface area contributed by atoms with Crippen molar-refractivity contribution in [2.24, 2.45) is 11.7 Å². The van der Waals surface area contributed by atoms with E-state index in [1.54, 1.807) is 0 Å². The van der Waals surface area contributed by atoms with Gasteiger partial charge in [0.25, 0.3) is 0 Å². The van der Waals surface area contributed by atoms with E-state index in [4.69, 9.17) is 10.8 Å². The first kappa shape index (κ1) is 7.34. The Kier molecular flexibility index (Phi) is 2.11. The van der Waals surface area contributed by atoms with Gasteiger partial charge in [-0.3, -0.25) is 0 Å². The quantitative estimate of drug-likeness (QED) is 0.510. The number of carbonyl (C=O) groups is 1. The van der Waals surface area contributed by atoms with Gasteiger partial charge in [-0.15, -0.1) is 0 Å². The molecule has 4 N–H and O–H groups in total. The molecule has 0 aromatic heterocycles. The van der Waals surface area contributed by atoms with Gasteiger partial charge in [-0.25, -0.2) is 4.79 Å². The van der Waals surface area contributed by atoms with Gasteiger partial charge in [0.2, 0.25) is 0 Å². The highest BCUT2D eigenvalue weighted by Gasteiger charge is 2.28. The Morgan fingerprint density at radius 2 is 2.30 bits per heavy atom. The lowest BCUT2D eigenvalue weighted by Gasteiger charge is -2.33. The summed E-state index contributed by atoms with van der Waals surface area (Å²) in [6, 6.07) is 0.158. The first-order chi connectivity index (χ1) is 4.72. The zero-order chi connectivity index (χ0) is 7.56. The normalized spacial score (nSPS) is 30.9. The van der Waals surface area contributed by atoms with Crippen molar-refractivity contribution in [2.45, 2.75) is 18.9 Å². The molecule has 1 rings (SSSR count). The highest BCUT2D eigenvalue weighted by atomic mass is 16.4. The molecule has 0 radical (unpaired) electrons. The first-order valence-corrected chi connectivity index (χ1v) is 3.42. The van der Waals surface area contributed by atoms with E-state index in [9.17, 15) is 4.79 Å². The Morgan fingerprint density at radius 3 is 2.70 bits per heavy atom. The highest BCUT2D eigenvalue weighted by molar-refractivity contribution is 5.64. The highest BCUT2D eigenvalue weighted by Crippen LogP contribution is 2.25. The fourth-order valence-electron chi connectivity index (χ4n) is 1.22. The van der Waals surface area contributed by atoms with Crippen molar-refractivity contribution < 1.29 is 9.90 Å². The summed E-state index contributed by atoms with van der Waals surface area (Å²) in [6.45, 7) is 0.678. The van der Waals surface area contributed by atoms with Crippen LogP contribution in [0.4, 0.5) is 4.79 Å². The van der Waals surface area contributed by atoms with Gasteiger partial charge in [-0.05, 0) is 25.3 Å². The van der Waals surface area contributed by atoms with E-state index in [0.717, 1.165) is 12.8 Å². The molecule has 1 fully saturated rings. The maximum atomic E-state index is 10.1. The smallest absolute Gasteiger partial charge is 0.404 e. The molecule has 0 atom stereocenters. The number of carboxylic acid groups (broad SMARTS) is 1. The molecule has 4 nitrogen and oxygen atoms in total. The van der Waals surface area contributed by atoms with Crippen LogP contribution in [0.5, 0.6) is 0 Å². The van der Waals surface area contributed by atoms with Crippen LogP contribution in [0.3, 0.4) is 0 Å². The van der Waals surface area contributed by atoms with Gasteiger partial charge < -0.3 is 16.2 Å². The predicted octanol–water partition coefficient (Wildman–Crippen LogP) is -0.00870. The number of amides is 1. The van der Waals surface area contributed by atoms with E-state index in [1.807, 2.05) is 0 Å². The van der Waals surface area contributed by atoms with Crippen molar-refractivity contribution in [3.63, 3.8) is 0 Å². The Balaban J connectivity index is 2.08. The third kappa shape index (κ3) is 1.60. The monoisotopic (exact) mass is 144 g/mol. The maximum Gasteiger partial charge on any atom is 0.404 e. The zero-order valence-corrected chi connectivity index (χ0v) is 5.71. The fourth-order valence-corrected chi connectivity index (χ4v) is 1.22. The molecule has 1 amide bonds. The van der Waals surface area contributed by atoms with Crippen LogP contribution in [0.2, 0.25) is 0 Å². The van der Waals surface area contributed by atoms with Crippen LogP contribution in [-0.4, -0.2) is 23.8 Å². The zero-order valence-electron chi connectivity index (χ0n) is 5.71. The molecule has 58 valence electrons. The molecule has 0 aromatic carbocycles. The lowest BCUT2D eigenvalue weighted by Crippen LogP contribution is -2.45. The summed E-state index contributed by atoms with van der Waals surface area (Å²) in [4.78, 5) is 10.1. The lowest BCUT2D eigenvalue weighted by atomic mass is 9.80. The second-order valence-electron chi connectivity index (χ2n) is 2.72. The summed E-state index contributed by atoms with van der Waals surface area (Å²) in [6.07, 6.45) is 0.881. The molecule has 0 bridgehead atoms. The third-order valence-electron chi connectivity index (χ3n) is 1.90. The van der Waals surface area contributed by atoms with E-state index < -0.39 is 6.09 Å². The Labute approximate surface area is 59.4 Å². The van der Waals surface area contributed by atoms with E-state index in [0.29, 0.717) is 12.5 Å². The molecule has 1 aliphatic carbocycles. The van der Waals surface area contributed by atoms with Crippen LogP contribution in [0.1, 0.15) is 12.8 Å². The van der Waals surface area contributed by atoms with Gasteiger partial charge in [0.15, 0.2) is 0 Å². The topological polar surface area (TPSA) is 75.3 Å². The van der Waals surface area contributed by atoms with Crippen LogP contribution in [-0.2, 0) is 0 Å². The minimum Gasteiger partial charge on any atom is -0.465 e. The molecular formula is C6H12N2O2. The predicted molar refractivity (Wildman–Crippen MR) is 36.7 cm³/mol. The van der Waals surface area contributed by atoms with E-state index in [1.165, 1.54) is 0 Å². The summed E-state index contributed by atoms with van der Waals surface area (Å²) in [7, 11) is 0. The molecule has 0 saturated heterocycles. The minimum atomic E-state index is -0.930. The van der Waals surface area contributed by atoms with Gasteiger partial charge >= 0.3 is 6.09 Å². The standard InChI is InChI=1S/C6H12N2O2/c7-3-4-1-5(2-4)8-6(9)10/h4-5,8H,1-3,7H2,(H,9,10). The number of hydrogen-bond donors (Lipinski definition) is 3. The third-order valence-corrected chi connectivity index (χ3v) is 1.90. The molecule has 0 aromatic rings. The van der Waals surface area contributed by atoms with Gasteiger partial charge in [0.1, 0.15) is 0 Å². The van der Waals surface area contributed by atoms with Crippen LogP contribution in [0.15, 0.2) is 0 Å². The number of rotatable bonds is 2. The SMILES string of the molecule is NCC1CC(NC(=O)O)C1. The van der Waals surface area contributed by atoms with Crippen LogP contribution in [0, 0.1) is 5.92 Å². The molecule has 0 heterocycles. The average Bonchev–Trinajstić information content (AvgIpc) is 1.76. The second-order valence-corrected chi connectivity index (χ2v) is 2.72.